The standard InChI is InChI=1S/C35H56FN5O7.C3H8.CH4O/c1-10-12-26(40(7)30(43)20-38-35(46)31(37-6)21(2)3)28(47-8)19-29(42)41-18-11-13-27(41)33(48-9)22(4)34(45)39-23(5)32(44)24-14-16-25(36)17-15-24;1-3-2;1-2/h14-17,21-23,26-28,31,33,37H,10-13,18-20H2,1-9H3,(H,38,46)(H,39,45);3H2,1-2H3;2H,1H3. The van der Waals surface area contributed by atoms with Crippen LogP contribution >= 0.6 is 0 Å². The van der Waals surface area contributed by atoms with Crippen molar-refractivity contribution in [3.63, 3.8) is 0 Å². The van der Waals surface area contributed by atoms with Crippen LogP contribution in [0.1, 0.15) is 97.3 Å². The van der Waals surface area contributed by atoms with E-state index in [0.29, 0.717) is 19.4 Å². The van der Waals surface area contributed by atoms with Gasteiger partial charge in [-0.1, -0.05) is 54.4 Å². The summed E-state index contributed by atoms with van der Waals surface area (Å²) >= 11 is 0. The molecule has 0 saturated carbocycles. The maximum Gasteiger partial charge on any atom is 0.242 e. The number of ketones is 1. The van der Waals surface area contributed by atoms with Crippen LogP contribution in [0.3, 0.4) is 0 Å². The lowest BCUT2D eigenvalue weighted by Crippen LogP contribution is -2.54. The Morgan fingerprint density at radius 1 is 0.981 bits per heavy atom. The van der Waals surface area contributed by atoms with Crippen LogP contribution in [0.25, 0.3) is 0 Å². The van der Waals surface area contributed by atoms with E-state index in [1.807, 2.05) is 20.8 Å². The summed E-state index contributed by atoms with van der Waals surface area (Å²) in [7, 11) is 7.37. The number of hydrogen-bond acceptors (Lipinski definition) is 9. The van der Waals surface area contributed by atoms with Gasteiger partial charge in [0.15, 0.2) is 5.78 Å². The van der Waals surface area contributed by atoms with E-state index in [2.05, 4.69) is 29.8 Å². The molecule has 7 unspecified atom stereocenters. The lowest BCUT2D eigenvalue weighted by atomic mass is 9.93. The third-order valence-electron chi connectivity index (χ3n) is 9.32. The van der Waals surface area contributed by atoms with Gasteiger partial charge in [-0.2, -0.15) is 0 Å². The number of likely N-dealkylation sites (N-methyl/N-ethyl adjacent to an activating group) is 2. The minimum atomic E-state index is -0.852. The van der Waals surface area contributed by atoms with Crippen molar-refractivity contribution >= 4 is 29.4 Å². The zero-order valence-electron chi connectivity index (χ0n) is 34.2. The predicted molar refractivity (Wildman–Crippen MR) is 205 cm³/mol. The monoisotopic (exact) mass is 754 g/mol. The Labute approximate surface area is 317 Å². The number of aliphatic hydroxyl groups is 1. The zero-order chi connectivity index (χ0) is 40.8. The van der Waals surface area contributed by atoms with Crippen molar-refractivity contribution in [3.05, 3.63) is 35.6 Å². The van der Waals surface area contributed by atoms with E-state index < -0.39 is 48.0 Å². The van der Waals surface area contributed by atoms with E-state index in [-0.39, 0.29) is 54.0 Å². The first kappa shape index (κ1) is 49.5. The van der Waals surface area contributed by atoms with Gasteiger partial charge in [0.1, 0.15) is 5.82 Å². The van der Waals surface area contributed by atoms with Crippen LogP contribution in [-0.4, -0.2) is 129 Å². The van der Waals surface area contributed by atoms with Gasteiger partial charge in [-0.15, -0.1) is 0 Å². The fourth-order valence-corrected chi connectivity index (χ4v) is 6.50. The zero-order valence-corrected chi connectivity index (χ0v) is 34.2. The van der Waals surface area contributed by atoms with Gasteiger partial charge in [-0.3, -0.25) is 24.0 Å². The molecule has 1 heterocycles. The Morgan fingerprint density at radius 2 is 1.57 bits per heavy atom. The highest BCUT2D eigenvalue weighted by molar-refractivity contribution is 6.01. The molecule has 53 heavy (non-hydrogen) atoms. The van der Waals surface area contributed by atoms with Gasteiger partial charge in [0, 0.05) is 40.5 Å². The number of carbonyl (C=O) groups excluding carboxylic acids is 5. The highest BCUT2D eigenvalue weighted by Crippen LogP contribution is 2.28. The van der Waals surface area contributed by atoms with Crippen LogP contribution in [0.2, 0.25) is 0 Å². The topological polar surface area (TPSA) is 167 Å². The van der Waals surface area contributed by atoms with Gasteiger partial charge in [0.2, 0.25) is 23.6 Å². The number of ether oxygens (including phenoxy) is 2. The molecule has 4 amide bonds. The second-order valence-electron chi connectivity index (χ2n) is 13.7. The van der Waals surface area contributed by atoms with Gasteiger partial charge < -0.3 is 40.3 Å². The molecule has 13 nitrogen and oxygen atoms in total. The van der Waals surface area contributed by atoms with Gasteiger partial charge in [-0.05, 0) is 63.4 Å². The number of methoxy groups -OCH3 is 2. The molecule has 1 saturated heterocycles. The van der Waals surface area contributed by atoms with Gasteiger partial charge >= 0.3 is 0 Å². The van der Waals surface area contributed by atoms with Crippen molar-refractivity contribution in [1.82, 2.24) is 25.8 Å². The smallest absolute Gasteiger partial charge is 0.242 e. The van der Waals surface area contributed by atoms with Crippen LogP contribution in [0.15, 0.2) is 24.3 Å². The second kappa shape index (κ2) is 26.3. The van der Waals surface area contributed by atoms with Crippen molar-refractivity contribution in [2.75, 3.05) is 48.5 Å². The van der Waals surface area contributed by atoms with E-state index in [9.17, 15) is 28.4 Å². The average molecular weight is 754 g/mol. The third-order valence-corrected chi connectivity index (χ3v) is 9.32. The number of rotatable bonds is 19. The number of carbonyl (C=O) groups is 5. The maximum atomic E-state index is 13.8. The number of Topliss-reactive ketones (excluding diaryl/α,β-unsaturated/α-hetero) is 1. The molecular formula is C39H68FN5O8. The SMILES string of the molecule is CCC.CCCC(C(CC(=O)N1CCCC1C(OC)C(C)C(=O)NC(C)C(=O)c1ccc(F)cc1)OC)N(C)C(=O)CNC(=O)C(NC)C(C)C.CO. The van der Waals surface area contributed by atoms with E-state index in [0.717, 1.165) is 20.0 Å². The molecule has 304 valence electrons. The minimum absolute atomic E-state index is 0.0110. The quantitative estimate of drug-likeness (QED) is 0.155. The molecule has 1 aromatic rings. The van der Waals surface area contributed by atoms with Crippen molar-refractivity contribution < 1.29 is 42.9 Å². The molecule has 14 heteroatoms. The van der Waals surface area contributed by atoms with E-state index in [1.165, 1.54) is 44.9 Å². The lowest BCUT2D eigenvalue weighted by molar-refractivity contribution is -0.144. The number of benzene rings is 1. The average Bonchev–Trinajstić information content (AvgIpc) is 3.63. The Bertz CT molecular complexity index is 1250. The normalized spacial score (nSPS) is 17.1. The summed E-state index contributed by atoms with van der Waals surface area (Å²) in [4.78, 5) is 69.0. The van der Waals surface area contributed by atoms with Crippen molar-refractivity contribution in [2.45, 2.75) is 123 Å². The largest absolute Gasteiger partial charge is 0.400 e. The molecule has 7 atom stereocenters. The van der Waals surface area contributed by atoms with Gasteiger partial charge in [0.25, 0.3) is 0 Å². The number of nitrogens with one attached hydrogen (secondary N) is 3. The summed E-state index contributed by atoms with van der Waals surface area (Å²) in [5.74, 6) is -2.59. The van der Waals surface area contributed by atoms with E-state index in [1.54, 1.807) is 37.7 Å². The summed E-state index contributed by atoms with van der Waals surface area (Å²) < 4.78 is 24.9. The summed E-state index contributed by atoms with van der Waals surface area (Å²) in [6.45, 7) is 13.7. The van der Waals surface area contributed by atoms with Crippen LogP contribution in [0, 0.1) is 17.7 Å². The Balaban J connectivity index is 0.00000513. The summed E-state index contributed by atoms with van der Waals surface area (Å²) in [5.41, 5.74) is 0.285. The summed E-state index contributed by atoms with van der Waals surface area (Å²) in [5, 5.41) is 15.4. The second-order valence-corrected chi connectivity index (χ2v) is 13.7. The molecule has 0 aromatic heterocycles. The van der Waals surface area contributed by atoms with E-state index in [4.69, 9.17) is 14.6 Å². The van der Waals surface area contributed by atoms with Crippen LogP contribution in [-0.2, 0) is 28.7 Å². The van der Waals surface area contributed by atoms with Crippen molar-refractivity contribution in [1.29, 1.82) is 0 Å². The number of nitrogens with zero attached hydrogens (tertiary/aromatic N) is 2. The number of amides is 4. The molecule has 0 aliphatic carbocycles. The number of hydrogen-bond donors (Lipinski definition) is 4. The van der Waals surface area contributed by atoms with Crippen LogP contribution in [0.4, 0.5) is 4.39 Å². The summed E-state index contributed by atoms with van der Waals surface area (Å²) in [6, 6.07) is 3.06. The molecule has 4 N–H and O–H groups in total. The molecule has 1 aliphatic rings. The molecule has 2 rings (SSSR count). The maximum absolute atomic E-state index is 13.8. The lowest BCUT2D eigenvalue weighted by Gasteiger charge is -2.37. The first-order chi connectivity index (χ1) is 25.1. The first-order valence-electron chi connectivity index (χ1n) is 18.7. The Hall–Kier alpha value is -3.46. The van der Waals surface area contributed by atoms with E-state index >= 15 is 0 Å². The fraction of sp³-hybridized carbons (Fsp3) is 0.718. The number of halogens is 1. The molecule has 0 radical (unpaired) electrons. The molecule has 1 fully saturated rings. The van der Waals surface area contributed by atoms with Crippen LogP contribution in [0.5, 0.6) is 0 Å². The Kier molecular flexibility index (Phi) is 24.6. The summed E-state index contributed by atoms with van der Waals surface area (Å²) in [6.07, 6.45) is 2.69. The molecule has 0 spiro atoms. The minimum Gasteiger partial charge on any atom is -0.400 e. The third kappa shape index (κ3) is 15.4. The Morgan fingerprint density at radius 3 is 2.06 bits per heavy atom. The highest BCUT2D eigenvalue weighted by atomic mass is 19.1. The molecule has 0 bridgehead atoms. The molecular weight excluding hydrogens is 685 g/mol. The number of likely N-dealkylation sites (tertiary alicyclic amines) is 1. The first-order valence-corrected chi connectivity index (χ1v) is 18.7. The highest BCUT2D eigenvalue weighted by Gasteiger charge is 2.41. The molecule has 1 aliphatic heterocycles. The van der Waals surface area contributed by atoms with Gasteiger partial charge in [-0.25, -0.2) is 4.39 Å². The van der Waals surface area contributed by atoms with Gasteiger partial charge in [0.05, 0.1) is 55.3 Å². The van der Waals surface area contributed by atoms with Crippen molar-refractivity contribution in [3.8, 4) is 0 Å². The fourth-order valence-electron chi connectivity index (χ4n) is 6.50. The van der Waals surface area contributed by atoms with Crippen LogP contribution < -0.4 is 16.0 Å². The van der Waals surface area contributed by atoms with Crippen molar-refractivity contribution in [2.24, 2.45) is 11.8 Å². The predicted octanol–water partition coefficient (Wildman–Crippen LogP) is 3.57. The number of aliphatic hydroxyl groups excluding tert-OH is 1. The molecule has 1 aromatic carbocycles.